The third kappa shape index (κ3) is 2.43. The molecule has 1 aromatic carbocycles. The first-order valence-electron chi connectivity index (χ1n) is 6.49. The van der Waals surface area contributed by atoms with E-state index in [1.54, 1.807) is 6.07 Å². The van der Waals surface area contributed by atoms with Gasteiger partial charge in [-0.3, -0.25) is 0 Å². The summed E-state index contributed by atoms with van der Waals surface area (Å²) in [6.07, 6.45) is 0. The average molecular weight is 327 g/mol. The Labute approximate surface area is 131 Å². The molecule has 3 rings (SSSR count). The third-order valence-corrected chi connectivity index (χ3v) is 4.01. The molecule has 0 amide bonds. The minimum atomic E-state index is -0.489. The molecule has 110 valence electrons. The summed E-state index contributed by atoms with van der Waals surface area (Å²) in [4.78, 5) is 4.38. The van der Waals surface area contributed by atoms with Crippen LogP contribution in [-0.2, 0) is 5.88 Å². The zero-order valence-electron chi connectivity index (χ0n) is 11.5. The highest BCUT2D eigenvalue weighted by Crippen LogP contribution is 2.30. The highest BCUT2D eigenvalue weighted by Gasteiger charge is 2.20. The molecule has 0 saturated carbocycles. The maximum Gasteiger partial charge on any atom is 0.144 e. The Morgan fingerprint density at radius 1 is 1.38 bits per heavy atom. The van der Waals surface area contributed by atoms with Crippen molar-refractivity contribution in [3.63, 3.8) is 0 Å². The van der Waals surface area contributed by atoms with E-state index in [-0.39, 0.29) is 16.9 Å². The van der Waals surface area contributed by atoms with Gasteiger partial charge >= 0.3 is 0 Å². The lowest BCUT2D eigenvalue weighted by atomic mass is 10.2. The van der Waals surface area contributed by atoms with Crippen LogP contribution in [0.3, 0.4) is 0 Å². The molecular formula is C15H13Cl2FN2O. The topological polar surface area (TPSA) is 31.0 Å². The van der Waals surface area contributed by atoms with Gasteiger partial charge < -0.3 is 8.98 Å². The molecule has 0 aliphatic carbocycles. The fourth-order valence-corrected chi connectivity index (χ4v) is 2.82. The zero-order chi connectivity index (χ0) is 15.1. The summed E-state index contributed by atoms with van der Waals surface area (Å²) >= 11 is 11.9. The molecular weight excluding hydrogens is 314 g/mol. The number of imidazole rings is 1. The lowest BCUT2D eigenvalue weighted by Crippen LogP contribution is -2.09. The second-order valence-corrected chi connectivity index (χ2v) is 5.59. The predicted octanol–water partition coefficient (Wildman–Crippen LogP) is 5.08. The smallest absolute Gasteiger partial charge is 0.144 e. The van der Waals surface area contributed by atoms with Gasteiger partial charge in [0.25, 0.3) is 0 Å². The van der Waals surface area contributed by atoms with Crippen molar-refractivity contribution >= 4 is 34.2 Å². The van der Waals surface area contributed by atoms with Gasteiger partial charge in [-0.25, -0.2) is 9.37 Å². The Morgan fingerprint density at radius 3 is 2.76 bits per heavy atom. The summed E-state index contributed by atoms with van der Waals surface area (Å²) in [6.45, 7) is 3.86. The lowest BCUT2D eigenvalue weighted by molar-refractivity contribution is 0.429. The number of furan rings is 1. The maximum atomic E-state index is 13.6. The molecule has 0 fully saturated rings. The molecule has 21 heavy (non-hydrogen) atoms. The summed E-state index contributed by atoms with van der Waals surface area (Å²) in [5.41, 5.74) is 1.27. The van der Waals surface area contributed by atoms with Crippen LogP contribution in [0.2, 0.25) is 5.02 Å². The van der Waals surface area contributed by atoms with E-state index in [9.17, 15) is 4.39 Å². The Morgan fingerprint density at radius 2 is 2.14 bits per heavy atom. The number of benzene rings is 1. The van der Waals surface area contributed by atoms with Crippen molar-refractivity contribution in [3.05, 3.63) is 52.5 Å². The monoisotopic (exact) mass is 326 g/mol. The molecule has 0 bridgehead atoms. The third-order valence-electron chi connectivity index (χ3n) is 3.48. The second kappa shape index (κ2) is 5.35. The molecule has 0 aliphatic rings. The van der Waals surface area contributed by atoms with E-state index in [0.29, 0.717) is 11.3 Å². The minimum absolute atomic E-state index is 0.0626. The van der Waals surface area contributed by atoms with Crippen LogP contribution < -0.4 is 0 Å². The number of halogens is 3. The van der Waals surface area contributed by atoms with Crippen LogP contribution in [0.5, 0.6) is 0 Å². The molecule has 3 aromatic rings. The van der Waals surface area contributed by atoms with Gasteiger partial charge in [0.05, 0.1) is 28.0 Å². The highest BCUT2D eigenvalue weighted by atomic mass is 35.5. The molecule has 0 radical (unpaired) electrons. The number of hydrogen-bond donors (Lipinski definition) is 0. The highest BCUT2D eigenvalue weighted by molar-refractivity contribution is 6.31. The molecule has 0 aliphatic heterocycles. The predicted molar refractivity (Wildman–Crippen MR) is 81.5 cm³/mol. The summed E-state index contributed by atoms with van der Waals surface area (Å²) in [5.74, 6) is 2.00. The fourth-order valence-electron chi connectivity index (χ4n) is 2.47. The summed E-state index contributed by atoms with van der Waals surface area (Å²) in [6, 6.07) is 6.60. The van der Waals surface area contributed by atoms with E-state index in [0.717, 1.165) is 17.0 Å². The Kier molecular flexibility index (Phi) is 3.68. The Hall–Kier alpha value is -1.52. The van der Waals surface area contributed by atoms with Gasteiger partial charge in [-0.15, -0.1) is 11.6 Å². The summed E-state index contributed by atoms with van der Waals surface area (Å²) < 4.78 is 21.2. The van der Waals surface area contributed by atoms with Crippen molar-refractivity contribution in [1.82, 2.24) is 9.55 Å². The van der Waals surface area contributed by atoms with Gasteiger partial charge in [-0.05, 0) is 32.0 Å². The van der Waals surface area contributed by atoms with Gasteiger partial charge in [0.15, 0.2) is 0 Å². The average Bonchev–Trinajstić information content (AvgIpc) is 3.02. The van der Waals surface area contributed by atoms with E-state index < -0.39 is 5.82 Å². The molecule has 2 aromatic heterocycles. The molecule has 0 saturated heterocycles. The number of aryl methyl sites for hydroxylation is 1. The normalized spacial score (nSPS) is 13.0. The molecule has 2 heterocycles. The van der Waals surface area contributed by atoms with Crippen LogP contribution in [0.15, 0.2) is 28.7 Å². The largest absolute Gasteiger partial charge is 0.464 e. The maximum absolute atomic E-state index is 13.6. The number of aromatic nitrogens is 2. The van der Waals surface area contributed by atoms with E-state index in [1.807, 2.05) is 30.5 Å². The van der Waals surface area contributed by atoms with E-state index in [2.05, 4.69) is 4.98 Å². The number of hydrogen-bond acceptors (Lipinski definition) is 2. The van der Waals surface area contributed by atoms with Crippen molar-refractivity contribution in [2.24, 2.45) is 0 Å². The Bertz CT molecular complexity index is 809. The van der Waals surface area contributed by atoms with Crippen LogP contribution in [0.25, 0.3) is 11.0 Å². The number of alkyl halides is 1. The zero-order valence-corrected chi connectivity index (χ0v) is 13.0. The first kappa shape index (κ1) is 14.4. The van der Waals surface area contributed by atoms with Crippen molar-refractivity contribution in [3.8, 4) is 0 Å². The number of nitrogens with zero attached hydrogens (tertiary/aromatic N) is 2. The molecule has 0 N–H and O–H groups in total. The molecule has 1 unspecified atom stereocenters. The molecule has 6 heteroatoms. The Balaban J connectivity index is 2.22. The number of fused-ring (bicyclic) bond motifs is 1. The minimum Gasteiger partial charge on any atom is -0.464 e. The van der Waals surface area contributed by atoms with Gasteiger partial charge in [0, 0.05) is 6.07 Å². The SMILES string of the molecule is Cc1ccc(C(C)n2c(CCl)nc3cc(F)c(Cl)cc32)o1. The van der Waals surface area contributed by atoms with E-state index in [1.165, 1.54) is 6.07 Å². The van der Waals surface area contributed by atoms with Gasteiger partial charge in [0.2, 0.25) is 0 Å². The molecule has 3 nitrogen and oxygen atoms in total. The van der Waals surface area contributed by atoms with E-state index in [4.69, 9.17) is 27.6 Å². The fraction of sp³-hybridized carbons (Fsp3) is 0.267. The second-order valence-electron chi connectivity index (χ2n) is 4.91. The molecule has 1 atom stereocenters. The van der Waals surface area contributed by atoms with Gasteiger partial charge in [-0.1, -0.05) is 11.6 Å². The van der Waals surface area contributed by atoms with Crippen LogP contribution in [0, 0.1) is 12.7 Å². The summed E-state index contributed by atoms with van der Waals surface area (Å²) in [7, 11) is 0. The van der Waals surface area contributed by atoms with Crippen LogP contribution >= 0.6 is 23.2 Å². The summed E-state index contributed by atoms with van der Waals surface area (Å²) in [5, 5.41) is 0.0626. The standard InChI is InChI=1S/C15H13Cl2FN2O/c1-8-3-4-14(21-8)9(2)20-13-5-10(17)11(18)6-12(13)19-15(20)7-16/h3-6,9H,7H2,1-2H3. The van der Waals surface area contributed by atoms with Crippen molar-refractivity contribution in [2.45, 2.75) is 25.8 Å². The van der Waals surface area contributed by atoms with Crippen LogP contribution in [-0.4, -0.2) is 9.55 Å². The molecule has 0 spiro atoms. The number of rotatable bonds is 3. The van der Waals surface area contributed by atoms with Crippen LogP contribution in [0.4, 0.5) is 4.39 Å². The van der Waals surface area contributed by atoms with Crippen molar-refractivity contribution in [1.29, 1.82) is 0 Å². The first-order chi connectivity index (χ1) is 10.0. The van der Waals surface area contributed by atoms with Gasteiger partial charge in [-0.2, -0.15) is 0 Å². The van der Waals surface area contributed by atoms with Crippen molar-refractivity contribution < 1.29 is 8.81 Å². The quantitative estimate of drug-likeness (QED) is 0.628. The van der Waals surface area contributed by atoms with Crippen LogP contribution in [0.1, 0.15) is 30.3 Å². The van der Waals surface area contributed by atoms with Crippen molar-refractivity contribution in [2.75, 3.05) is 0 Å². The lowest BCUT2D eigenvalue weighted by Gasteiger charge is -2.15. The van der Waals surface area contributed by atoms with E-state index >= 15 is 0 Å². The van der Waals surface area contributed by atoms with Gasteiger partial charge in [0.1, 0.15) is 23.2 Å². The first-order valence-corrected chi connectivity index (χ1v) is 7.40.